The minimum absolute atomic E-state index is 0.127. The summed E-state index contributed by atoms with van der Waals surface area (Å²) in [7, 11) is 0. The van der Waals surface area contributed by atoms with Gasteiger partial charge in [0.15, 0.2) is 5.04 Å². The average molecular weight is 146 g/mol. The number of rotatable bonds is 1. The molecular weight excluding hydrogens is 140 g/mol. The maximum Gasteiger partial charge on any atom is 0.360 e. The van der Waals surface area contributed by atoms with Gasteiger partial charge in [-0.25, -0.2) is 4.79 Å². The van der Waals surface area contributed by atoms with E-state index >= 15 is 0 Å². The highest BCUT2D eigenvalue weighted by atomic mass is 32.2. The predicted octanol–water partition coefficient (Wildman–Crippen LogP) is -0.499. The van der Waals surface area contributed by atoms with Crippen molar-refractivity contribution >= 4 is 22.8 Å². The number of nitrogens with two attached hydrogens (primary N) is 1. The summed E-state index contributed by atoms with van der Waals surface area (Å²) in [5.41, 5.74) is 5.29. The average Bonchev–Trinajstić information content (AvgIpc) is 2.14. The van der Waals surface area contributed by atoms with Crippen molar-refractivity contribution in [2.45, 2.75) is 6.17 Å². The normalized spacial score (nSPS) is 25.9. The van der Waals surface area contributed by atoms with Crippen molar-refractivity contribution in [3.8, 4) is 0 Å². The molecule has 1 rings (SSSR count). The monoisotopic (exact) mass is 146 g/mol. The Hall–Kier alpha value is -0.550. The molecule has 1 atom stereocenters. The summed E-state index contributed by atoms with van der Waals surface area (Å²) in [6, 6.07) is 0. The predicted molar refractivity (Wildman–Crippen MR) is 35.5 cm³/mol. The van der Waals surface area contributed by atoms with Gasteiger partial charge in [0.1, 0.15) is 6.17 Å². The van der Waals surface area contributed by atoms with Crippen LogP contribution in [0, 0.1) is 0 Å². The van der Waals surface area contributed by atoms with Crippen LogP contribution < -0.4 is 5.73 Å². The number of carboxylic acids is 1. The molecular formula is C4H6N2O2S. The number of hydrogen-bond acceptors (Lipinski definition) is 4. The number of hydrogen-bond donors (Lipinski definition) is 2. The Morgan fingerprint density at radius 3 is 2.89 bits per heavy atom. The molecule has 3 N–H and O–H groups in total. The minimum Gasteiger partial charge on any atom is -0.476 e. The molecule has 0 saturated carbocycles. The zero-order valence-electron chi connectivity index (χ0n) is 4.57. The maximum absolute atomic E-state index is 10.1. The van der Waals surface area contributed by atoms with E-state index in [1.807, 2.05) is 0 Å². The van der Waals surface area contributed by atoms with Crippen LogP contribution in [0.3, 0.4) is 0 Å². The number of carbonyl (C=O) groups is 1. The molecule has 0 saturated heterocycles. The van der Waals surface area contributed by atoms with E-state index in [-0.39, 0.29) is 11.2 Å². The molecule has 0 aromatic heterocycles. The van der Waals surface area contributed by atoms with E-state index in [9.17, 15) is 4.79 Å². The van der Waals surface area contributed by atoms with Crippen LogP contribution in [0.2, 0.25) is 0 Å². The van der Waals surface area contributed by atoms with E-state index in [2.05, 4.69) is 4.99 Å². The second-order valence-electron chi connectivity index (χ2n) is 1.62. The zero-order chi connectivity index (χ0) is 6.85. The summed E-state index contributed by atoms with van der Waals surface area (Å²) >= 11 is 1.18. The fraction of sp³-hybridized carbons (Fsp3) is 0.500. The first-order valence-corrected chi connectivity index (χ1v) is 3.38. The van der Waals surface area contributed by atoms with Crippen LogP contribution in [0.25, 0.3) is 0 Å². The lowest BCUT2D eigenvalue weighted by atomic mass is 10.6. The van der Waals surface area contributed by atoms with Gasteiger partial charge in [-0.3, -0.25) is 4.99 Å². The van der Waals surface area contributed by atoms with Gasteiger partial charge in [0, 0.05) is 5.75 Å². The van der Waals surface area contributed by atoms with Crippen molar-refractivity contribution in [2.24, 2.45) is 10.7 Å². The summed E-state index contributed by atoms with van der Waals surface area (Å²) in [4.78, 5) is 13.8. The van der Waals surface area contributed by atoms with Crippen molar-refractivity contribution < 1.29 is 9.90 Å². The molecule has 0 radical (unpaired) electrons. The molecule has 0 aliphatic carbocycles. The molecule has 50 valence electrons. The van der Waals surface area contributed by atoms with E-state index in [1.165, 1.54) is 11.8 Å². The summed E-state index contributed by atoms with van der Waals surface area (Å²) in [5.74, 6) is -0.394. The Bertz CT molecular complexity index is 168. The first-order valence-electron chi connectivity index (χ1n) is 2.39. The molecule has 4 nitrogen and oxygen atoms in total. The third-order valence-electron chi connectivity index (χ3n) is 0.857. The number of nitrogens with zero attached hydrogens (tertiary/aromatic N) is 1. The molecule has 0 amide bonds. The van der Waals surface area contributed by atoms with Crippen LogP contribution >= 0.6 is 11.8 Å². The molecule has 5 heteroatoms. The van der Waals surface area contributed by atoms with Crippen LogP contribution in [0.5, 0.6) is 0 Å². The SMILES string of the molecule is NC1CSC(C(=O)O)=N1. The van der Waals surface area contributed by atoms with Gasteiger partial charge in [-0.1, -0.05) is 11.8 Å². The molecule has 0 bridgehead atoms. The van der Waals surface area contributed by atoms with Crippen LogP contribution in [0.4, 0.5) is 0 Å². The van der Waals surface area contributed by atoms with E-state index in [0.717, 1.165) is 0 Å². The summed E-state index contributed by atoms with van der Waals surface area (Å²) in [5, 5.41) is 8.45. The highest BCUT2D eigenvalue weighted by Crippen LogP contribution is 2.14. The summed E-state index contributed by atoms with van der Waals surface area (Å²) < 4.78 is 0. The Labute approximate surface area is 56.1 Å². The zero-order valence-corrected chi connectivity index (χ0v) is 5.39. The number of carboxylic acid groups (broad SMARTS) is 1. The Morgan fingerprint density at radius 2 is 2.67 bits per heavy atom. The van der Waals surface area contributed by atoms with Crippen LogP contribution in [-0.4, -0.2) is 28.0 Å². The molecule has 0 fully saturated rings. The van der Waals surface area contributed by atoms with Crippen LogP contribution in [0.15, 0.2) is 4.99 Å². The van der Waals surface area contributed by atoms with Gasteiger partial charge in [0.25, 0.3) is 0 Å². The fourth-order valence-corrected chi connectivity index (χ4v) is 1.24. The van der Waals surface area contributed by atoms with E-state index in [0.29, 0.717) is 5.75 Å². The highest BCUT2D eigenvalue weighted by Gasteiger charge is 2.19. The van der Waals surface area contributed by atoms with Gasteiger partial charge >= 0.3 is 5.97 Å². The van der Waals surface area contributed by atoms with Crippen LogP contribution in [0.1, 0.15) is 0 Å². The maximum atomic E-state index is 10.1. The van der Waals surface area contributed by atoms with E-state index < -0.39 is 5.97 Å². The lowest BCUT2D eigenvalue weighted by Gasteiger charge is -1.88. The number of thioether (sulfide) groups is 1. The van der Waals surface area contributed by atoms with Gasteiger partial charge in [-0.2, -0.15) is 0 Å². The molecule has 0 spiro atoms. The van der Waals surface area contributed by atoms with Crippen molar-refractivity contribution in [2.75, 3.05) is 5.75 Å². The highest BCUT2D eigenvalue weighted by molar-refractivity contribution is 8.16. The third kappa shape index (κ3) is 1.43. The first kappa shape index (κ1) is 6.57. The van der Waals surface area contributed by atoms with Crippen molar-refractivity contribution in [1.29, 1.82) is 0 Å². The molecule has 1 aliphatic heterocycles. The molecule has 0 aromatic carbocycles. The third-order valence-corrected chi connectivity index (χ3v) is 1.92. The largest absolute Gasteiger partial charge is 0.476 e. The Balaban J connectivity index is 2.62. The lowest BCUT2D eigenvalue weighted by molar-refractivity contribution is -0.129. The second-order valence-corrected chi connectivity index (χ2v) is 2.63. The molecule has 1 aliphatic rings. The van der Waals surface area contributed by atoms with E-state index in [1.54, 1.807) is 0 Å². The van der Waals surface area contributed by atoms with Crippen molar-refractivity contribution in [3.63, 3.8) is 0 Å². The number of aliphatic carboxylic acids is 1. The van der Waals surface area contributed by atoms with E-state index in [4.69, 9.17) is 10.8 Å². The standard InChI is InChI=1S/C4H6N2O2S/c5-2-1-9-3(6-2)4(7)8/h2H,1,5H2,(H,7,8). The molecule has 1 heterocycles. The van der Waals surface area contributed by atoms with Gasteiger partial charge < -0.3 is 10.8 Å². The van der Waals surface area contributed by atoms with Crippen molar-refractivity contribution in [1.82, 2.24) is 0 Å². The van der Waals surface area contributed by atoms with Gasteiger partial charge in [-0.15, -0.1) is 0 Å². The van der Waals surface area contributed by atoms with Crippen molar-refractivity contribution in [3.05, 3.63) is 0 Å². The number of aliphatic imine (C=N–C) groups is 1. The summed E-state index contributed by atoms with van der Waals surface area (Å²) in [6.45, 7) is 0. The van der Waals surface area contributed by atoms with Gasteiger partial charge in [-0.05, 0) is 0 Å². The molecule has 9 heavy (non-hydrogen) atoms. The molecule has 0 aromatic rings. The second kappa shape index (κ2) is 2.36. The summed E-state index contributed by atoms with van der Waals surface area (Å²) in [6.07, 6.45) is -0.318. The fourth-order valence-electron chi connectivity index (χ4n) is 0.506. The molecule has 1 unspecified atom stereocenters. The first-order chi connectivity index (χ1) is 4.20. The topological polar surface area (TPSA) is 75.7 Å². The Kier molecular flexibility index (Phi) is 1.73. The van der Waals surface area contributed by atoms with Gasteiger partial charge in [0.05, 0.1) is 0 Å². The minimum atomic E-state index is -0.979. The lowest BCUT2D eigenvalue weighted by Crippen LogP contribution is -2.16. The van der Waals surface area contributed by atoms with Crippen LogP contribution in [-0.2, 0) is 4.79 Å². The van der Waals surface area contributed by atoms with Gasteiger partial charge in [0.2, 0.25) is 0 Å². The Morgan fingerprint density at radius 1 is 2.00 bits per heavy atom. The smallest absolute Gasteiger partial charge is 0.360 e. The quantitative estimate of drug-likeness (QED) is 0.523.